The van der Waals surface area contributed by atoms with E-state index in [1.54, 1.807) is 6.07 Å². The van der Waals surface area contributed by atoms with Crippen LogP contribution >= 0.6 is 35.6 Å². The van der Waals surface area contributed by atoms with Crippen molar-refractivity contribution in [1.29, 1.82) is 0 Å². The van der Waals surface area contributed by atoms with Gasteiger partial charge < -0.3 is 10.6 Å². The quantitative estimate of drug-likeness (QED) is 0.787. The molecule has 0 saturated carbocycles. The van der Waals surface area contributed by atoms with E-state index in [1.807, 2.05) is 24.0 Å². The van der Waals surface area contributed by atoms with Crippen molar-refractivity contribution >= 4 is 41.5 Å². The first kappa shape index (κ1) is 20.5. The van der Waals surface area contributed by atoms with Gasteiger partial charge in [-0.25, -0.2) is 0 Å². The summed E-state index contributed by atoms with van der Waals surface area (Å²) in [5.74, 6) is 0.135. The second-order valence-electron chi connectivity index (χ2n) is 4.83. The Balaban J connectivity index is 0.00000400. The van der Waals surface area contributed by atoms with Crippen LogP contribution < -0.4 is 5.73 Å². The van der Waals surface area contributed by atoms with Gasteiger partial charge in [0.2, 0.25) is 5.91 Å². The zero-order chi connectivity index (χ0) is 15.1. The molecule has 1 atom stereocenters. The van der Waals surface area contributed by atoms with Gasteiger partial charge >= 0.3 is 0 Å². The first-order valence-electron chi connectivity index (χ1n) is 6.95. The van der Waals surface area contributed by atoms with Crippen molar-refractivity contribution in [3.63, 3.8) is 0 Å². The lowest BCUT2D eigenvalue weighted by Gasteiger charge is -2.29. The van der Waals surface area contributed by atoms with Crippen LogP contribution in [0.1, 0.15) is 44.7 Å². The minimum Gasteiger partial charge on any atom is -0.336 e. The summed E-state index contributed by atoms with van der Waals surface area (Å²) in [5, 5.41) is 1.04. The minimum absolute atomic E-state index is 0. The Morgan fingerprint density at radius 1 is 1.33 bits per heavy atom. The van der Waals surface area contributed by atoms with Crippen LogP contribution in [0.4, 0.5) is 0 Å². The Bertz CT molecular complexity index is 455. The van der Waals surface area contributed by atoms with Gasteiger partial charge in [0, 0.05) is 13.0 Å². The predicted molar refractivity (Wildman–Crippen MR) is 92.4 cm³/mol. The van der Waals surface area contributed by atoms with E-state index in [1.165, 1.54) is 0 Å². The summed E-state index contributed by atoms with van der Waals surface area (Å²) in [7, 11) is 0. The van der Waals surface area contributed by atoms with Gasteiger partial charge in [-0.05, 0) is 44.0 Å². The molecule has 1 aromatic rings. The third-order valence-corrected chi connectivity index (χ3v) is 4.01. The van der Waals surface area contributed by atoms with E-state index in [0.29, 0.717) is 29.4 Å². The Labute approximate surface area is 143 Å². The molecule has 0 saturated heterocycles. The summed E-state index contributed by atoms with van der Waals surface area (Å²) in [6.45, 7) is 5.33. The lowest BCUT2D eigenvalue weighted by molar-refractivity contribution is -0.133. The van der Waals surface area contributed by atoms with Crippen molar-refractivity contribution in [3.8, 4) is 0 Å². The molecule has 0 radical (unpaired) electrons. The number of benzene rings is 1. The SMILES string of the molecule is CCCN(C(=O)CCCN)C(C)c1ccc(Cl)c(Cl)c1.Cl. The summed E-state index contributed by atoms with van der Waals surface area (Å²) < 4.78 is 0. The third kappa shape index (κ3) is 6.03. The molecule has 21 heavy (non-hydrogen) atoms. The summed E-state index contributed by atoms with van der Waals surface area (Å²) >= 11 is 12.0. The van der Waals surface area contributed by atoms with Gasteiger partial charge in [-0.15, -0.1) is 12.4 Å². The van der Waals surface area contributed by atoms with Crippen LogP contribution in [0, 0.1) is 0 Å². The minimum atomic E-state index is -0.0185. The van der Waals surface area contributed by atoms with Crippen molar-refractivity contribution in [1.82, 2.24) is 4.90 Å². The molecule has 0 aliphatic heterocycles. The normalized spacial score (nSPS) is 11.7. The van der Waals surface area contributed by atoms with E-state index < -0.39 is 0 Å². The van der Waals surface area contributed by atoms with E-state index in [9.17, 15) is 4.79 Å². The van der Waals surface area contributed by atoms with E-state index >= 15 is 0 Å². The van der Waals surface area contributed by atoms with E-state index in [2.05, 4.69) is 6.92 Å². The summed E-state index contributed by atoms with van der Waals surface area (Å²) in [6.07, 6.45) is 2.12. The smallest absolute Gasteiger partial charge is 0.223 e. The number of nitrogens with zero attached hydrogens (tertiary/aromatic N) is 1. The molecule has 0 heterocycles. The number of nitrogens with two attached hydrogens (primary N) is 1. The molecular formula is C15H23Cl3N2O. The highest BCUT2D eigenvalue weighted by Crippen LogP contribution is 2.28. The molecule has 1 rings (SSSR count). The molecule has 0 spiro atoms. The van der Waals surface area contributed by atoms with Crippen LogP contribution in [0.25, 0.3) is 0 Å². The van der Waals surface area contributed by atoms with Crippen LogP contribution in [0.5, 0.6) is 0 Å². The molecule has 1 aromatic carbocycles. The Kier molecular flexibility index (Phi) is 10.0. The molecule has 1 unspecified atom stereocenters. The molecule has 0 fully saturated rings. The number of rotatable bonds is 7. The third-order valence-electron chi connectivity index (χ3n) is 3.27. The highest BCUT2D eigenvalue weighted by Gasteiger charge is 2.20. The standard InChI is InChI=1S/C15H22Cl2N2O.ClH/c1-3-9-19(15(20)5-4-8-18)11(2)12-6-7-13(16)14(17)10-12;/h6-7,10-11H,3-5,8-9,18H2,1-2H3;1H. The number of hydrogen-bond acceptors (Lipinski definition) is 2. The maximum Gasteiger partial charge on any atom is 0.223 e. The van der Waals surface area contributed by atoms with Crippen LogP contribution in [0.3, 0.4) is 0 Å². The largest absolute Gasteiger partial charge is 0.336 e. The molecule has 120 valence electrons. The highest BCUT2D eigenvalue weighted by atomic mass is 35.5. The molecule has 0 aliphatic rings. The molecular weight excluding hydrogens is 331 g/mol. The van der Waals surface area contributed by atoms with Gasteiger partial charge in [0.1, 0.15) is 0 Å². The van der Waals surface area contributed by atoms with Crippen LogP contribution in [0.2, 0.25) is 10.0 Å². The van der Waals surface area contributed by atoms with Crippen LogP contribution in [0.15, 0.2) is 18.2 Å². The van der Waals surface area contributed by atoms with E-state index in [-0.39, 0.29) is 24.4 Å². The molecule has 3 nitrogen and oxygen atoms in total. The van der Waals surface area contributed by atoms with Crippen molar-refractivity contribution in [2.24, 2.45) is 5.73 Å². The first-order valence-corrected chi connectivity index (χ1v) is 7.71. The average Bonchev–Trinajstić information content (AvgIpc) is 2.44. The van der Waals surface area contributed by atoms with Crippen molar-refractivity contribution in [3.05, 3.63) is 33.8 Å². The fourth-order valence-electron chi connectivity index (χ4n) is 2.12. The lowest BCUT2D eigenvalue weighted by atomic mass is 10.1. The van der Waals surface area contributed by atoms with Gasteiger partial charge in [0.05, 0.1) is 16.1 Å². The Hall–Kier alpha value is -0.480. The number of amides is 1. The summed E-state index contributed by atoms with van der Waals surface area (Å²) in [6, 6.07) is 5.49. The van der Waals surface area contributed by atoms with Gasteiger partial charge in [-0.3, -0.25) is 4.79 Å². The van der Waals surface area contributed by atoms with Crippen molar-refractivity contribution in [2.75, 3.05) is 13.1 Å². The highest BCUT2D eigenvalue weighted by molar-refractivity contribution is 6.42. The molecule has 0 aliphatic carbocycles. The van der Waals surface area contributed by atoms with Crippen LogP contribution in [-0.2, 0) is 4.79 Å². The van der Waals surface area contributed by atoms with Gasteiger partial charge in [0.15, 0.2) is 0 Å². The van der Waals surface area contributed by atoms with Gasteiger partial charge in [0.25, 0.3) is 0 Å². The second-order valence-corrected chi connectivity index (χ2v) is 5.64. The zero-order valence-electron chi connectivity index (χ0n) is 12.4. The van der Waals surface area contributed by atoms with Gasteiger partial charge in [-0.1, -0.05) is 36.2 Å². The Morgan fingerprint density at radius 2 is 2.00 bits per heavy atom. The van der Waals surface area contributed by atoms with Crippen molar-refractivity contribution in [2.45, 2.75) is 39.2 Å². The van der Waals surface area contributed by atoms with Gasteiger partial charge in [-0.2, -0.15) is 0 Å². The van der Waals surface area contributed by atoms with Crippen molar-refractivity contribution < 1.29 is 4.79 Å². The second kappa shape index (κ2) is 10.3. The molecule has 1 amide bonds. The zero-order valence-corrected chi connectivity index (χ0v) is 14.8. The summed E-state index contributed by atoms with van der Waals surface area (Å²) in [5.41, 5.74) is 6.47. The number of hydrogen-bond donors (Lipinski definition) is 1. The average molecular weight is 354 g/mol. The number of carbonyl (C=O) groups is 1. The topological polar surface area (TPSA) is 46.3 Å². The molecule has 6 heteroatoms. The molecule has 2 N–H and O–H groups in total. The van der Waals surface area contributed by atoms with E-state index in [0.717, 1.165) is 18.5 Å². The number of halogens is 3. The Morgan fingerprint density at radius 3 is 2.52 bits per heavy atom. The lowest BCUT2D eigenvalue weighted by Crippen LogP contribution is -2.34. The first-order chi connectivity index (χ1) is 9.51. The van der Waals surface area contributed by atoms with Crippen LogP contribution in [-0.4, -0.2) is 23.9 Å². The summed E-state index contributed by atoms with van der Waals surface area (Å²) in [4.78, 5) is 14.2. The molecule has 0 aromatic heterocycles. The van der Waals surface area contributed by atoms with E-state index in [4.69, 9.17) is 28.9 Å². The monoisotopic (exact) mass is 352 g/mol. The maximum atomic E-state index is 12.3. The molecule has 0 bridgehead atoms. The fourth-order valence-corrected chi connectivity index (χ4v) is 2.43. The number of carbonyl (C=O) groups excluding carboxylic acids is 1. The maximum absolute atomic E-state index is 12.3. The predicted octanol–water partition coefficient (Wildman–Crippen LogP) is 4.45. The fraction of sp³-hybridized carbons (Fsp3) is 0.533.